The lowest BCUT2D eigenvalue weighted by Gasteiger charge is -2.26. The Morgan fingerprint density at radius 3 is 2.60 bits per heavy atom. The maximum absolute atomic E-state index is 12.4. The van der Waals surface area contributed by atoms with E-state index in [1.54, 1.807) is 4.90 Å². The number of esters is 1. The van der Waals surface area contributed by atoms with E-state index in [0.29, 0.717) is 19.1 Å². The lowest BCUT2D eigenvalue weighted by Crippen LogP contribution is -2.44. The van der Waals surface area contributed by atoms with Crippen molar-refractivity contribution in [2.75, 3.05) is 13.2 Å². The zero-order chi connectivity index (χ0) is 15.1. The van der Waals surface area contributed by atoms with Crippen molar-refractivity contribution in [3.05, 3.63) is 0 Å². The fourth-order valence-corrected chi connectivity index (χ4v) is 2.78. The van der Waals surface area contributed by atoms with E-state index in [0.717, 1.165) is 32.1 Å². The van der Waals surface area contributed by atoms with Crippen LogP contribution in [0.5, 0.6) is 0 Å². The minimum atomic E-state index is -0.353. The third-order valence-corrected chi connectivity index (χ3v) is 3.80. The van der Waals surface area contributed by atoms with Crippen LogP contribution < -0.4 is 0 Å². The van der Waals surface area contributed by atoms with Gasteiger partial charge in [0.05, 0.1) is 6.61 Å². The van der Waals surface area contributed by atoms with Gasteiger partial charge >= 0.3 is 5.97 Å². The van der Waals surface area contributed by atoms with Crippen LogP contribution in [-0.2, 0) is 14.3 Å². The molecule has 1 fully saturated rings. The van der Waals surface area contributed by atoms with Gasteiger partial charge < -0.3 is 9.64 Å². The smallest absolute Gasteiger partial charge is 0.328 e. The second-order valence-corrected chi connectivity index (χ2v) is 6.24. The van der Waals surface area contributed by atoms with Crippen LogP contribution in [0, 0.1) is 11.8 Å². The normalized spacial score (nSPS) is 20.2. The molecule has 0 saturated carbocycles. The molecule has 0 aromatic heterocycles. The average Bonchev–Trinajstić information content (AvgIpc) is 2.86. The van der Waals surface area contributed by atoms with Gasteiger partial charge in [-0.25, -0.2) is 4.79 Å². The van der Waals surface area contributed by atoms with E-state index in [2.05, 4.69) is 20.8 Å². The van der Waals surface area contributed by atoms with Crippen molar-refractivity contribution < 1.29 is 14.3 Å². The number of ether oxygens (including phenoxy) is 1. The number of unbranched alkanes of at least 4 members (excludes halogenated alkanes) is 1. The second kappa shape index (κ2) is 8.28. The Balaban J connectivity index is 2.55. The number of hydrogen-bond donors (Lipinski definition) is 0. The van der Waals surface area contributed by atoms with Crippen LogP contribution in [0.3, 0.4) is 0 Å². The number of rotatable bonds is 7. The highest BCUT2D eigenvalue weighted by Gasteiger charge is 2.36. The molecule has 1 heterocycles. The number of likely N-dealkylation sites (tertiary alicyclic amines) is 1. The van der Waals surface area contributed by atoms with Crippen molar-refractivity contribution in [2.45, 2.75) is 65.8 Å². The van der Waals surface area contributed by atoms with Crippen LogP contribution in [0.4, 0.5) is 0 Å². The van der Waals surface area contributed by atoms with Crippen LogP contribution in [0.2, 0.25) is 0 Å². The monoisotopic (exact) mass is 283 g/mol. The van der Waals surface area contributed by atoms with E-state index in [-0.39, 0.29) is 23.8 Å². The minimum absolute atomic E-state index is 0.0148. The minimum Gasteiger partial charge on any atom is -0.464 e. The van der Waals surface area contributed by atoms with Crippen LogP contribution in [-0.4, -0.2) is 36.0 Å². The molecule has 116 valence electrons. The van der Waals surface area contributed by atoms with E-state index in [1.807, 2.05) is 6.92 Å². The summed E-state index contributed by atoms with van der Waals surface area (Å²) < 4.78 is 5.27. The molecule has 20 heavy (non-hydrogen) atoms. The predicted molar refractivity (Wildman–Crippen MR) is 79.2 cm³/mol. The van der Waals surface area contributed by atoms with Gasteiger partial charge in [-0.15, -0.1) is 0 Å². The lowest BCUT2D eigenvalue weighted by atomic mass is 9.97. The third-order valence-electron chi connectivity index (χ3n) is 3.80. The number of carbonyl (C=O) groups is 2. The van der Waals surface area contributed by atoms with Crippen molar-refractivity contribution in [1.82, 2.24) is 4.90 Å². The quantitative estimate of drug-likeness (QED) is 0.533. The molecule has 0 aromatic rings. The Morgan fingerprint density at radius 2 is 2.00 bits per heavy atom. The van der Waals surface area contributed by atoms with Crippen LogP contribution in [0.15, 0.2) is 0 Å². The summed E-state index contributed by atoms with van der Waals surface area (Å²) in [6.45, 7) is 9.41. The zero-order valence-corrected chi connectivity index (χ0v) is 13.4. The van der Waals surface area contributed by atoms with Gasteiger partial charge in [-0.1, -0.05) is 34.1 Å². The molecular weight excluding hydrogens is 254 g/mol. The molecule has 0 aromatic carbocycles. The Bertz CT molecular complexity index is 328. The number of hydrogen-bond acceptors (Lipinski definition) is 3. The Labute approximate surface area is 122 Å². The first-order valence-corrected chi connectivity index (χ1v) is 7.94. The number of carbonyl (C=O) groups excluding carboxylic acids is 2. The highest BCUT2D eigenvalue weighted by molar-refractivity contribution is 5.86. The summed E-state index contributed by atoms with van der Waals surface area (Å²) in [6.07, 6.45) is 4.40. The fourth-order valence-electron chi connectivity index (χ4n) is 2.78. The first-order valence-electron chi connectivity index (χ1n) is 7.94. The van der Waals surface area contributed by atoms with E-state index < -0.39 is 0 Å². The molecule has 0 bridgehead atoms. The molecule has 1 aliphatic rings. The molecular formula is C16H29NO3. The maximum Gasteiger partial charge on any atom is 0.328 e. The van der Waals surface area contributed by atoms with Crippen LogP contribution in [0.25, 0.3) is 0 Å². The van der Waals surface area contributed by atoms with Crippen LogP contribution in [0.1, 0.15) is 59.8 Å². The third kappa shape index (κ3) is 4.80. The molecule has 1 saturated heterocycles. The first-order chi connectivity index (χ1) is 9.47. The Hall–Kier alpha value is -1.06. The molecule has 0 unspecified atom stereocenters. The topological polar surface area (TPSA) is 46.6 Å². The molecule has 4 nitrogen and oxygen atoms in total. The lowest BCUT2D eigenvalue weighted by molar-refractivity contribution is -0.154. The Morgan fingerprint density at radius 1 is 1.30 bits per heavy atom. The molecule has 0 aliphatic carbocycles. The summed E-state index contributed by atoms with van der Waals surface area (Å²) in [5.74, 6) is 0.361. The van der Waals surface area contributed by atoms with Gasteiger partial charge in [-0.3, -0.25) is 4.79 Å². The molecule has 0 spiro atoms. The van der Waals surface area contributed by atoms with Gasteiger partial charge in [0.25, 0.3) is 0 Å². The SMILES string of the molecule is CCCCOC(=O)[C@@H]1CCCN1C(=O)[C@@H](C)CC(C)C. The van der Waals surface area contributed by atoms with Gasteiger partial charge in [0.2, 0.25) is 5.91 Å². The van der Waals surface area contributed by atoms with Crippen molar-refractivity contribution in [3.63, 3.8) is 0 Å². The van der Waals surface area contributed by atoms with Gasteiger partial charge in [-0.05, 0) is 31.6 Å². The van der Waals surface area contributed by atoms with Gasteiger partial charge in [0.1, 0.15) is 6.04 Å². The van der Waals surface area contributed by atoms with Gasteiger partial charge in [-0.2, -0.15) is 0 Å². The van der Waals surface area contributed by atoms with Crippen molar-refractivity contribution >= 4 is 11.9 Å². The molecule has 1 amide bonds. The second-order valence-electron chi connectivity index (χ2n) is 6.24. The van der Waals surface area contributed by atoms with E-state index in [9.17, 15) is 9.59 Å². The molecule has 1 rings (SSSR count). The number of nitrogens with zero attached hydrogens (tertiary/aromatic N) is 1. The molecule has 0 radical (unpaired) electrons. The maximum atomic E-state index is 12.4. The summed E-state index contributed by atoms with van der Waals surface area (Å²) >= 11 is 0. The molecule has 4 heteroatoms. The fraction of sp³-hybridized carbons (Fsp3) is 0.875. The summed E-state index contributed by atoms with van der Waals surface area (Å²) in [5, 5.41) is 0. The Kier molecular flexibility index (Phi) is 7.03. The van der Waals surface area contributed by atoms with Gasteiger partial charge in [0, 0.05) is 12.5 Å². The summed E-state index contributed by atoms with van der Waals surface area (Å²) in [5.41, 5.74) is 0. The summed E-state index contributed by atoms with van der Waals surface area (Å²) in [4.78, 5) is 26.2. The van der Waals surface area contributed by atoms with Crippen LogP contribution >= 0.6 is 0 Å². The summed E-state index contributed by atoms with van der Waals surface area (Å²) in [7, 11) is 0. The van der Waals surface area contributed by atoms with E-state index in [1.165, 1.54) is 0 Å². The molecule has 0 N–H and O–H groups in total. The molecule has 2 atom stereocenters. The van der Waals surface area contributed by atoms with E-state index in [4.69, 9.17) is 4.74 Å². The van der Waals surface area contributed by atoms with Crippen molar-refractivity contribution in [3.8, 4) is 0 Å². The highest BCUT2D eigenvalue weighted by atomic mass is 16.5. The standard InChI is InChI=1S/C16H29NO3/c1-5-6-10-20-16(19)14-8-7-9-17(14)15(18)13(4)11-12(2)3/h12-14H,5-11H2,1-4H3/t13-,14-/m0/s1. The first kappa shape index (κ1) is 17.0. The predicted octanol–water partition coefficient (Wildman–Crippen LogP) is 3.00. The van der Waals surface area contributed by atoms with Crippen molar-refractivity contribution in [2.24, 2.45) is 11.8 Å². The number of amides is 1. The highest BCUT2D eigenvalue weighted by Crippen LogP contribution is 2.23. The largest absolute Gasteiger partial charge is 0.464 e. The van der Waals surface area contributed by atoms with E-state index >= 15 is 0 Å². The zero-order valence-electron chi connectivity index (χ0n) is 13.4. The molecule has 1 aliphatic heterocycles. The summed E-state index contributed by atoms with van der Waals surface area (Å²) in [6, 6.07) is -0.353. The van der Waals surface area contributed by atoms with Gasteiger partial charge in [0.15, 0.2) is 0 Å². The average molecular weight is 283 g/mol. The van der Waals surface area contributed by atoms with Crippen molar-refractivity contribution in [1.29, 1.82) is 0 Å².